The highest BCUT2D eigenvalue weighted by Crippen LogP contribution is 2.30. The third-order valence-electron chi connectivity index (χ3n) is 2.05. The van der Waals surface area contributed by atoms with Gasteiger partial charge in [0.25, 0.3) is 0 Å². The minimum atomic E-state index is -1.36. The minimum Gasteiger partial charge on any atom is -0.357 e. The molecule has 1 N–H and O–H groups in total. The van der Waals surface area contributed by atoms with Crippen LogP contribution < -0.4 is 0 Å². The van der Waals surface area contributed by atoms with Gasteiger partial charge in [-0.25, -0.2) is 4.84 Å². The third-order valence-corrected chi connectivity index (χ3v) is 2.30. The Morgan fingerprint density at radius 1 is 1.36 bits per heavy atom. The Balaban J connectivity index is 2.31. The van der Waals surface area contributed by atoms with Crippen molar-refractivity contribution in [2.24, 2.45) is 0 Å². The van der Waals surface area contributed by atoms with Crippen molar-refractivity contribution in [3.63, 3.8) is 0 Å². The van der Waals surface area contributed by atoms with E-state index in [-0.39, 0.29) is 0 Å². The van der Waals surface area contributed by atoms with Crippen LogP contribution in [0.5, 0.6) is 0 Å². The normalized spacial score (nSPS) is 25.8. The molecule has 0 aromatic heterocycles. The van der Waals surface area contributed by atoms with E-state index in [0.717, 1.165) is 0 Å². The number of aliphatic hydroxyl groups is 1. The van der Waals surface area contributed by atoms with E-state index < -0.39 is 5.79 Å². The summed E-state index contributed by atoms with van der Waals surface area (Å²) in [5.74, 6) is -1.36. The first-order chi connectivity index (χ1) is 6.60. The van der Waals surface area contributed by atoms with Gasteiger partial charge < -0.3 is 5.11 Å². The maximum atomic E-state index is 10.0. The van der Waals surface area contributed by atoms with Gasteiger partial charge in [0.15, 0.2) is 0 Å². The number of hydrogen-bond donors (Lipinski definition) is 1. The SMILES string of the molecule is CN1C=CC(O)(c2ccc(Cl)cc2)O1. The van der Waals surface area contributed by atoms with E-state index in [1.807, 2.05) is 0 Å². The van der Waals surface area contributed by atoms with Crippen molar-refractivity contribution in [2.75, 3.05) is 7.05 Å². The monoisotopic (exact) mass is 211 g/mol. The molecule has 1 unspecified atom stereocenters. The van der Waals surface area contributed by atoms with E-state index in [0.29, 0.717) is 10.6 Å². The third kappa shape index (κ3) is 1.62. The van der Waals surface area contributed by atoms with Crippen molar-refractivity contribution in [1.29, 1.82) is 0 Å². The fourth-order valence-corrected chi connectivity index (χ4v) is 1.45. The Labute approximate surface area is 87.1 Å². The second-order valence-corrected chi connectivity index (χ2v) is 3.59. The summed E-state index contributed by atoms with van der Waals surface area (Å²) < 4.78 is 0. The molecule has 0 fully saturated rings. The molecule has 0 spiro atoms. The molecule has 0 bridgehead atoms. The number of rotatable bonds is 1. The largest absolute Gasteiger partial charge is 0.357 e. The van der Waals surface area contributed by atoms with Crippen LogP contribution in [0.3, 0.4) is 0 Å². The minimum absolute atomic E-state index is 0.632. The van der Waals surface area contributed by atoms with Gasteiger partial charge in [-0.15, -0.1) is 0 Å². The van der Waals surface area contributed by atoms with Gasteiger partial charge in [0.05, 0.1) is 0 Å². The van der Waals surface area contributed by atoms with Crippen LogP contribution >= 0.6 is 11.6 Å². The van der Waals surface area contributed by atoms with Crippen LogP contribution in [0.15, 0.2) is 36.5 Å². The lowest BCUT2D eigenvalue weighted by atomic mass is 10.1. The van der Waals surface area contributed by atoms with Gasteiger partial charge in [0.2, 0.25) is 5.79 Å². The number of hydrogen-bond acceptors (Lipinski definition) is 3. The molecule has 74 valence electrons. The van der Waals surface area contributed by atoms with Gasteiger partial charge in [-0.05, 0) is 18.2 Å². The van der Waals surface area contributed by atoms with Crippen LogP contribution in [0.4, 0.5) is 0 Å². The zero-order chi connectivity index (χ0) is 10.2. The van der Waals surface area contributed by atoms with E-state index >= 15 is 0 Å². The van der Waals surface area contributed by atoms with Crippen molar-refractivity contribution in [1.82, 2.24) is 5.06 Å². The second-order valence-electron chi connectivity index (χ2n) is 3.16. The Hall–Kier alpha value is -1.03. The molecule has 4 heteroatoms. The van der Waals surface area contributed by atoms with Crippen LogP contribution in [0.1, 0.15) is 5.56 Å². The van der Waals surface area contributed by atoms with Gasteiger partial charge in [-0.1, -0.05) is 23.7 Å². The molecule has 0 amide bonds. The summed E-state index contributed by atoms with van der Waals surface area (Å²) in [6.45, 7) is 0. The van der Waals surface area contributed by atoms with E-state index in [4.69, 9.17) is 16.4 Å². The number of halogens is 1. The number of nitrogens with zero attached hydrogens (tertiary/aromatic N) is 1. The van der Waals surface area contributed by atoms with Gasteiger partial charge >= 0.3 is 0 Å². The summed E-state index contributed by atoms with van der Waals surface area (Å²) in [4.78, 5) is 5.21. The summed E-state index contributed by atoms with van der Waals surface area (Å²) in [6, 6.07) is 6.88. The van der Waals surface area contributed by atoms with Crippen LogP contribution in [-0.2, 0) is 10.6 Å². The van der Waals surface area contributed by atoms with E-state index in [1.54, 1.807) is 43.6 Å². The Kier molecular flexibility index (Phi) is 2.23. The molecule has 3 nitrogen and oxygen atoms in total. The first-order valence-corrected chi connectivity index (χ1v) is 4.58. The lowest BCUT2D eigenvalue weighted by Gasteiger charge is -2.22. The molecule has 0 saturated carbocycles. The van der Waals surface area contributed by atoms with Crippen LogP contribution in [0.2, 0.25) is 5.02 Å². The number of benzene rings is 1. The smallest absolute Gasteiger partial charge is 0.238 e. The second kappa shape index (κ2) is 3.28. The van der Waals surface area contributed by atoms with Gasteiger partial charge in [0.1, 0.15) is 0 Å². The Morgan fingerprint density at radius 2 is 2.00 bits per heavy atom. The standard InChI is InChI=1S/C10H10ClNO2/c1-12-7-6-10(13,14-12)8-2-4-9(11)5-3-8/h2-7,13H,1H3. The molecule has 0 aliphatic carbocycles. The van der Waals surface area contributed by atoms with Gasteiger partial charge in [-0.2, -0.15) is 0 Å². The molecule has 1 aliphatic rings. The van der Waals surface area contributed by atoms with Crippen molar-refractivity contribution in [2.45, 2.75) is 5.79 Å². The topological polar surface area (TPSA) is 32.7 Å². The first kappa shape index (κ1) is 9.52. The fraction of sp³-hybridized carbons (Fsp3) is 0.200. The number of hydroxylamine groups is 2. The van der Waals surface area contributed by atoms with Gasteiger partial charge in [-0.3, -0.25) is 5.06 Å². The van der Waals surface area contributed by atoms with E-state index in [1.165, 1.54) is 5.06 Å². The predicted molar refractivity (Wildman–Crippen MR) is 53.3 cm³/mol. The highest BCUT2D eigenvalue weighted by molar-refractivity contribution is 6.30. The summed E-state index contributed by atoms with van der Waals surface area (Å²) in [6.07, 6.45) is 3.24. The highest BCUT2D eigenvalue weighted by atomic mass is 35.5. The van der Waals surface area contributed by atoms with Crippen molar-refractivity contribution in [3.8, 4) is 0 Å². The summed E-state index contributed by atoms with van der Waals surface area (Å²) in [5.41, 5.74) is 0.655. The Bertz CT molecular complexity index is 363. The van der Waals surface area contributed by atoms with Crippen molar-refractivity contribution >= 4 is 11.6 Å². The van der Waals surface area contributed by atoms with Crippen molar-refractivity contribution in [3.05, 3.63) is 47.1 Å². The fourth-order valence-electron chi connectivity index (χ4n) is 1.32. The lowest BCUT2D eigenvalue weighted by Crippen LogP contribution is -2.27. The maximum Gasteiger partial charge on any atom is 0.238 e. The molecule has 1 aromatic rings. The quantitative estimate of drug-likeness (QED) is 0.770. The maximum absolute atomic E-state index is 10.0. The molecule has 14 heavy (non-hydrogen) atoms. The zero-order valence-corrected chi connectivity index (χ0v) is 8.40. The Morgan fingerprint density at radius 3 is 2.50 bits per heavy atom. The zero-order valence-electron chi connectivity index (χ0n) is 7.64. The summed E-state index contributed by atoms with van der Waals surface area (Å²) in [7, 11) is 1.71. The summed E-state index contributed by atoms with van der Waals surface area (Å²) in [5, 5.41) is 12.1. The molecule has 1 aromatic carbocycles. The first-order valence-electron chi connectivity index (χ1n) is 4.20. The molecule has 2 rings (SSSR count). The van der Waals surface area contributed by atoms with Crippen LogP contribution in [0.25, 0.3) is 0 Å². The lowest BCUT2D eigenvalue weighted by molar-refractivity contribution is -0.267. The molecular formula is C10H10ClNO2. The van der Waals surface area contributed by atoms with Crippen LogP contribution in [0, 0.1) is 0 Å². The average Bonchev–Trinajstić information content (AvgIpc) is 2.48. The molecule has 0 radical (unpaired) electrons. The van der Waals surface area contributed by atoms with Crippen molar-refractivity contribution < 1.29 is 9.94 Å². The van der Waals surface area contributed by atoms with E-state index in [9.17, 15) is 5.11 Å². The van der Waals surface area contributed by atoms with Crippen LogP contribution in [-0.4, -0.2) is 17.2 Å². The molecule has 1 atom stereocenters. The summed E-state index contributed by atoms with van der Waals surface area (Å²) >= 11 is 5.74. The average molecular weight is 212 g/mol. The highest BCUT2D eigenvalue weighted by Gasteiger charge is 2.33. The molecule has 1 aliphatic heterocycles. The van der Waals surface area contributed by atoms with Gasteiger partial charge in [0, 0.05) is 23.8 Å². The molecule has 1 heterocycles. The van der Waals surface area contributed by atoms with E-state index in [2.05, 4.69) is 0 Å². The molecule has 0 saturated heterocycles. The molecular weight excluding hydrogens is 202 g/mol. The predicted octanol–water partition coefficient (Wildman–Crippen LogP) is 1.88.